The Hall–Kier alpha value is -2.47. The lowest BCUT2D eigenvalue weighted by molar-refractivity contribution is 0.207. The summed E-state index contributed by atoms with van der Waals surface area (Å²) in [5.41, 5.74) is 1.43. The quantitative estimate of drug-likeness (QED) is 0.801. The summed E-state index contributed by atoms with van der Waals surface area (Å²) in [6, 6.07) is 9.80. The lowest BCUT2D eigenvalue weighted by atomic mass is 10.1. The lowest BCUT2D eigenvalue weighted by Gasteiger charge is -2.25. The van der Waals surface area contributed by atoms with Gasteiger partial charge >= 0.3 is 0 Å². The molecule has 0 bridgehead atoms. The zero-order valence-electron chi connectivity index (χ0n) is 13.4. The minimum absolute atomic E-state index is 0.113. The zero-order valence-corrected chi connectivity index (χ0v) is 13.4. The molecular formula is C18H19N5O. The number of aromatic nitrogens is 4. The van der Waals surface area contributed by atoms with Crippen LogP contribution in [0.5, 0.6) is 0 Å². The van der Waals surface area contributed by atoms with Crippen LogP contribution in [0, 0.1) is 11.8 Å². The van der Waals surface area contributed by atoms with E-state index in [1.165, 1.54) is 12.8 Å². The highest BCUT2D eigenvalue weighted by Crippen LogP contribution is 2.44. The van der Waals surface area contributed by atoms with Crippen molar-refractivity contribution in [3.63, 3.8) is 0 Å². The summed E-state index contributed by atoms with van der Waals surface area (Å²) >= 11 is 0. The molecule has 6 nitrogen and oxygen atoms in total. The van der Waals surface area contributed by atoms with E-state index in [0.717, 1.165) is 36.4 Å². The number of likely N-dealkylation sites (tertiary alicyclic amines) is 1. The van der Waals surface area contributed by atoms with Crippen molar-refractivity contribution in [3.05, 3.63) is 52.7 Å². The van der Waals surface area contributed by atoms with Crippen LogP contribution in [0.1, 0.15) is 18.7 Å². The number of hydrogen-bond donors (Lipinski definition) is 1. The van der Waals surface area contributed by atoms with Crippen molar-refractivity contribution in [2.75, 3.05) is 13.1 Å². The number of benzene rings is 1. The second-order valence-electron chi connectivity index (χ2n) is 6.92. The van der Waals surface area contributed by atoms with Gasteiger partial charge < -0.3 is 4.98 Å². The van der Waals surface area contributed by atoms with Crippen LogP contribution in [0.15, 0.2) is 41.3 Å². The predicted molar refractivity (Wildman–Crippen MR) is 91.0 cm³/mol. The Bertz CT molecular complexity index is 945. The SMILES string of the molecule is O=c1[nH]c(CN2CCC3CC3C2)nc2c1cnn2-c1ccccc1. The van der Waals surface area contributed by atoms with Crippen LogP contribution in [-0.4, -0.2) is 37.7 Å². The van der Waals surface area contributed by atoms with Gasteiger partial charge in [-0.3, -0.25) is 9.69 Å². The standard InChI is InChI=1S/C18H19N5O/c24-18-15-9-19-23(14-4-2-1-3-5-14)17(15)20-16(21-18)11-22-7-6-12-8-13(12)10-22/h1-5,9,12-13H,6-8,10-11H2,(H,20,21,24). The fourth-order valence-corrected chi connectivity index (χ4v) is 3.81. The Labute approximate surface area is 139 Å². The topological polar surface area (TPSA) is 66.8 Å². The van der Waals surface area contributed by atoms with Gasteiger partial charge in [0.2, 0.25) is 0 Å². The Balaban J connectivity index is 1.52. The highest BCUT2D eigenvalue weighted by atomic mass is 16.1. The molecule has 2 aromatic heterocycles. The number of piperidine rings is 1. The van der Waals surface area contributed by atoms with Crippen molar-refractivity contribution in [2.45, 2.75) is 19.4 Å². The van der Waals surface area contributed by atoms with Gasteiger partial charge in [0.25, 0.3) is 5.56 Å². The van der Waals surface area contributed by atoms with E-state index in [1.807, 2.05) is 30.3 Å². The first-order chi connectivity index (χ1) is 11.8. The van der Waals surface area contributed by atoms with Gasteiger partial charge in [0.1, 0.15) is 11.2 Å². The van der Waals surface area contributed by atoms with Crippen LogP contribution in [-0.2, 0) is 6.54 Å². The molecule has 0 radical (unpaired) electrons. The molecule has 1 aliphatic heterocycles. The van der Waals surface area contributed by atoms with Crippen LogP contribution in [0.25, 0.3) is 16.7 Å². The number of H-pyrrole nitrogens is 1. The Kier molecular flexibility index (Phi) is 3.06. The normalized spacial score (nSPS) is 23.3. The van der Waals surface area contributed by atoms with Gasteiger partial charge in [0.05, 0.1) is 18.4 Å². The maximum atomic E-state index is 12.4. The van der Waals surface area contributed by atoms with E-state index in [1.54, 1.807) is 10.9 Å². The average Bonchev–Trinajstić information content (AvgIpc) is 3.24. The highest BCUT2D eigenvalue weighted by Gasteiger charge is 2.41. The molecule has 1 saturated carbocycles. The molecule has 24 heavy (non-hydrogen) atoms. The van der Waals surface area contributed by atoms with E-state index in [0.29, 0.717) is 17.6 Å². The van der Waals surface area contributed by atoms with Crippen LogP contribution < -0.4 is 5.56 Å². The van der Waals surface area contributed by atoms with Gasteiger partial charge in [-0.2, -0.15) is 5.10 Å². The number of aromatic amines is 1. The summed E-state index contributed by atoms with van der Waals surface area (Å²) in [5.74, 6) is 2.54. The zero-order chi connectivity index (χ0) is 16.1. The maximum Gasteiger partial charge on any atom is 0.262 e. The summed E-state index contributed by atoms with van der Waals surface area (Å²) < 4.78 is 1.74. The molecule has 2 fully saturated rings. The highest BCUT2D eigenvalue weighted by molar-refractivity contribution is 5.75. The molecule has 3 heterocycles. The molecule has 0 amide bonds. The smallest absolute Gasteiger partial charge is 0.262 e. The molecule has 1 saturated heterocycles. The van der Waals surface area contributed by atoms with Gasteiger partial charge in [-0.05, 0) is 43.4 Å². The van der Waals surface area contributed by atoms with E-state index in [9.17, 15) is 4.79 Å². The first kappa shape index (κ1) is 13.9. The summed E-state index contributed by atoms with van der Waals surface area (Å²) in [5, 5.41) is 4.88. The first-order valence-corrected chi connectivity index (χ1v) is 8.52. The lowest BCUT2D eigenvalue weighted by Crippen LogP contribution is -2.32. The van der Waals surface area contributed by atoms with Crippen molar-refractivity contribution in [3.8, 4) is 5.69 Å². The fraction of sp³-hybridized carbons (Fsp3) is 0.389. The van der Waals surface area contributed by atoms with E-state index in [-0.39, 0.29) is 5.56 Å². The van der Waals surface area contributed by atoms with Gasteiger partial charge in [0, 0.05) is 6.54 Å². The monoisotopic (exact) mass is 321 g/mol. The molecular weight excluding hydrogens is 302 g/mol. The van der Waals surface area contributed by atoms with Crippen LogP contribution in [0.4, 0.5) is 0 Å². The molecule has 2 unspecified atom stereocenters. The number of nitrogens with one attached hydrogen (secondary N) is 1. The number of fused-ring (bicyclic) bond motifs is 2. The number of hydrogen-bond acceptors (Lipinski definition) is 4. The van der Waals surface area contributed by atoms with Gasteiger partial charge in [0.15, 0.2) is 5.65 Å². The third kappa shape index (κ3) is 2.34. The average molecular weight is 321 g/mol. The summed E-state index contributed by atoms with van der Waals surface area (Å²) in [4.78, 5) is 22.4. The Morgan fingerprint density at radius 3 is 2.92 bits per heavy atom. The van der Waals surface area contributed by atoms with E-state index in [4.69, 9.17) is 4.98 Å². The van der Waals surface area contributed by atoms with Gasteiger partial charge in [-0.15, -0.1) is 0 Å². The van der Waals surface area contributed by atoms with Crippen LogP contribution >= 0.6 is 0 Å². The molecule has 122 valence electrons. The molecule has 2 atom stereocenters. The van der Waals surface area contributed by atoms with Gasteiger partial charge in [-0.1, -0.05) is 18.2 Å². The van der Waals surface area contributed by atoms with Crippen molar-refractivity contribution >= 4 is 11.0 Å². The Morgan fingerprint density at radius 2 is 2.08 bits per heavy atom. The molecule has 1 aromatic carbocycles. The van der Waals surface area contributed by atoms with Crippen LogP contribution in [0.3, 0.4) is 0 Å². The summed E-state index contributed by atoms with van der Waals surface area (Å²) in [7, 11) is 0. The van der Waals surface area contributed by atoms with E-state index in [2.05, 4.69) is 15.0 Å². The minimum atomic E-state index is -0.113. The van der Waals surface area contributed by atoms with Crippen molar-refractivity contribution < 1.29 is 0 Å². The largest absolute Gasteiger partial charge is 0.309 e. The molecule has 5 rings (SSSR count). The minimum Gasteiger partial charge on any atom is -0.309 e. The maximum absolute atomic E-state index is 12.4. The molecule has 2 aliphatic rings. The molecule has 0 spiro atoms. The van der Waals surface area contributed by atoms with Gasteiger partial charge in [-0.25, -0.2) is 9.67 Å². The van der Waals surface area contributed by atoms with Crippen molar-refractivity contribution in [1.29, 1.82) is 0 Å². The van der Waals surface area contributed by atoms with E-state index < -0.39 is 0 Å². The summed E-state index contributed by atoms with van der Waals surface area (Å²) in [6.07, 6.45) is 4.24. The first-order valence-electron chi connectivity index (χ1n) is 8.52. The second kappa shape index (κ2) is 5.27. The molecule has 3 aromatic rings. The third-order valence-corrected chi connectivity index (χ3v) is 5.24. The number of nitrogens with zero attached hydrogens (tertiary/aromatic N) is 4. The summed E-state index contributed by atoms with van der Waals surface area (Å²) in [6.45, 7) is 2.93. The third-order valence-electron chi connectivity index (χ3n) is 5.24. The fourth-order valence-electron chi connectivity index (χ4n) is 3.81. The second-order valence-corrected chi connectivity index (χ2v) is 6.92. The molecule has 1 aliphatic carbocycles. The van der Waals surface area contributed by atoms with Crippen molar-refractivity contribution in [1.82, 2.24) is 24.6 Å². The number of para-hydroxylation sites is 1. The van der Waals surface area contributed by atoms with E-state index >= 15 is 0 Å². The number of rotatable bonds is 3. The Morgan fingerprint density at radius 1 is 1.21 bits per heavy atom. The van der Waals surface area contributed by atoms with Crippen molar-refractivity contribution in [2.24, 2.45) is 11.8 Å². The molecule has 1 N–H and O–H groups in total. The van der Waals surface area contributed by atoms with Crippen LogP contribution in [0.2, 0.25) is 0 Å². The molecule has 6 heteroatoms. The predicted octanol–water partition coefficient (Wildman–Crippen LogP) is 1.95.